The Bertz CT molecular complexity index is 398. The van der Waals surface area contributed by atoms with Crippen molar-refractivity contribution in [1.29, 1.82) is 0 Å². The number of nitrogens with two attached hydrogens (primary N) is 1. The van der Waals surface area contributed by atoms with E-state index >= 15 is 0 Å². The summed E-state index contributed by atoms with van der Waals surface area (Å²) >= 11 is 6.49. The van der Waals surface area contributed by atoms with Crippen LogP contribution < -0.4 is 10.6 Å². The van der Waals surface area contributed by atoms with Crippen molar-refractivity contribution in [3.63, 3.8) is 0 Å². The second-order valence-corrected chi connectivity index (χ2v) is 5.50. The standard InChI is InChI=1S/C15H23ClN2/c1-12-14(18-10-3-2-4-11-18)8-7-13(15(12)16)6-5-9-17/h7-8H,2-6,9-11,17H2,1H3. The van der Waals surface area contributed by atoms with Gasteiger partial charge in [0, 0.05) is 23.8 Å². The Morgan fingerprint density at radius 2 is 1.94 bits per heavy atom. The number of piperidine rings is 1. The van der Waals surface area contributed by atoms with Crippen LogP contribution in [0.15, 0.2) is 12.1 Å². The summed E-state index contributed by atoms with van der Waals surface area (Å²) in [7, 11) is 0. The number of hydrogen-bond acceptors (Lipinski definition) is 2. The Morgan fingerprint density at radius 1 is 1.22 bits per heavy atom. The van der Waals surface area contributed by atoms with E-state index in [0.717, 1.165) is 24.4 Å². The Balaban J connectivity index is 2.19. The van der Waals surface area contributed by atoms with E-state index in [2.05, 4.69) is 24.0 Å². The number of anilines is 1. The van der Waals surface area contributed by atoms with Crippen molar-refractivity contribution in [3.05, 3.63) is 28.3 Å². The first-order chi connectivity index (χ1) is 8.74. The van der Waals surface area contributed by atoms with Gasteiger partial charge >= 0.3 is 0 Å². The van der Waals surface area contributed by atoms with E-state index in [1.165, 1.54) is 49.2 Å². The highest BCUT2D eigenvalue weighted by atomic mass is 35.5. The topological polar surface area (TPSA) is 29.3 Å². The Morgan fingerprint density at radius 3 is 2.61 bits per heavy atom. The largest absolute Gasteiger partial charge is 0.371 e. The van der Waals surface area contributed by atoms with Crippen LogP contribution in [0.1, 0.15) is 36.8 Å². The van der Waals surface area contributed by atoms with Gasteiger partial charge in [-0.25, -0.2) is 0 Å². The van der Waals surface area contributed by atoms with Gasteiger partial charge < -0.3 is 10.6 Å². The molecule has 3 heteroatoms. The maximum absolute atomic E-state index is 6.49. The quantitative estimate of drug-likeness (QED) is 0.903. The van der Waals surface area contributed by atoms with Crippen molar-refractivity contribution >= 4 is 17.3 Å². The molecule has 18 heavy (non-hydrogen) atoms. The zero-order valence-corrected chi connectivity index (χ0v) is 12.0. The van der Waals surface area contributed by atoms with Crippen LogP contribution in [0.4, 0.5) is 5.69 Å². The van der Waals surface area contributed by atoms with E-state index in [4.69, 9.17) is 17.3 Å². The van der Waals surface area contributed by atoms with E-state index < -0.39 is 0 Å². The molecule has 1 aromatic carbocycles. The minimum absolute atomic E-state index is 0.725. The summed E-state index contributed by atoms with van der Waals surface area (Å²) in [5.74, 6) is 0. The summed E-state index contributed by atoms with van der Waals surface area (Å²) in [6.07, 6.45) is 5.94. The highest BCUT2D eigenvalue weighted by Gasteiger charge is 2.15. The van der Waals surface area contributed by atoms with E-state index in [9.17, 15) is 0 Å². The number of benzene rings is 1. The Labute approximate surface area is 115 Å². The van der Waals surface area contributed by atoms with Crippen LogP contribution >= 0.6 is 11.6 Å². The lowest BCUT2D eigenvalue weighted by molar-refractivity contribution is 0.577. The molecule has 0 unspecified atom stereocenters. The van der Waals surface area contributed by atoms with Crippen molar-refractivity contribution in [2.24, 2.45) is 5.73 Å². The number of aryl methyl sites for hydroxylation is 1. The SMILES string of the molecule is Cc1c(N2CCCCC2)ccc(CCCN)c1Cl. The van der Waals surface area contributed by atoms with Crippen molar-refractivity contribution in [2.45, 2.75) is 39.0 Å². The average Bonchev–Trinajstić information content (AvgIpc) is 2.41. The first kappa shape index (κ1) is 13.7. The summed E-state index contributed by atoms with van der Waals surface area (Å²) in [5, 5.41) is 0.937. The fourth-order valence-electron chi connectivity index (χ4n) is 2.69. The fraction of sp³-hybridized carbons (Fsp3) is 0.600. The normalized spacial score (nSPS) is 16.1. The zero-order valence-electron chi connectivity index (χ0n) is 11.2. The average molecular weight is 267 g/mol. The maximum Gasteiger partial charge on any atom is 0.0487 e. The summed E-state index contributed by atoms with van der Waals surface area (Å²) in [6, 6.07) is 4.41. The lowest BCUT2D eigenvalue weighted by atomic mass is 10.0. The van der Waals surface area contributed by atoms with Crippen molar-refractivity contribution in [3.8, 4) is 0 Å². The van der Waals surface area contributed by atoms with Gasteiger partial charge in [-0.3, -0.25) is 0 Å². The Hall–Kier alpha value is -0.730. The van der Waals surface area contributed by atoms with Crippen molar-refractivity contribution in [1.82, 2.24) is 0 Å². The zero-order chi connectivity index (χ0) is 13.0. The molecule has 2 rings (SSSR count). The molecule has 2 N–H and O–H groups in total. The molecule has 100 valence electrons. The summed E-state index contributed by atoms with van der Waals surface area (Å²) in [6.45, 7) is 5.19. The molecule has 0 saturated carbocycles. The van der Waals surface area contributed by atoms with Crippen LogP contribution in [0.3, 0.4) is 0 Å². The molecule has 1 saturated heterocycles. The third-order valence-electron chi connectivity index (χ3n) is 3.78. The molecule has 0 bridgehead atoms. The molecule has 0 amide bonds. The smallest absolute Gasteiger partial charge is 0.0487 e. The molecular formula is C15H23ClN2. The molecule has 1 heterocycles. The highest BCUT2D eigenvalue weighted by Crippen LogP contribution is 2.32. The first-order valence-corrected chi connectivity index (χ1v) is 7.35. The molecule has 2 nitrogen and oxygen atoms in total. The highest BCUT2D eigenvalue weighted by molar-refractivity contribution is 6.32. The van der Waals surface area contributed by atoms with Crippen LogP contribution in [-0.2, 0) is 6.42 Å². The minimum atomic E-state index is 0.725. The molecule has 1 aliphatic rings. The molecular weight excluding hydrogens is 244 g/mol. The van der Waals surface area contributed by atoms with Gasteiger partial charge in [-0.1, -0.05) is 17.7 Å². The third kappa shape index (κ3) is 2.99. The predicted molar refractivity (Wildman–Crippen MR) is 79.6 cm³/mol. The van der Waals surface area contributed by atoms with Gasteiger partial charge in [0.05, 0.1) is 0 Å². The molecule has 0 aliphatic carbocycles. The van der Waals surface area contributed by atoms with Crippen molar-refractivity contribution < 1.29 is 0 Å². The number of halogens is 1. The lowest BCUT2D eigenvalue weighted by Crippen LogP contribution is -2.30. The predicted octanol–water partition coefficient (Wildman–Crippen LogP) is 3.53. The number of hydrogen-bond donors (Lipinski definition) is 1. The molecule has 0 aromatic heterocycles. The molecule has 1 aliphatic heterocycles. The van der Waals surface area contributed by atoms with E-state index in [1.54, 1.807) is 0 Å². The van der Waals surface area contributed by atoms with E-state index in [-0.39, 0.29) is 0 Å². The first-order valence-electron chi connectivity index (χ1n) is 6.97. The van der Waals surface area contributed by atoms with E-state index in [0.29, 0.717) is 0 Å². The third-order valence-corrected chi connectivity index (χ3v) is 4.31. The van der Waals surface area contributed by atoms with Crippen LogP contribution in [0.2, 0.25) is 5.02 Å². The molecule has 0 spiro atoms. The van der Waals surface area contributed by atoms with Gasteiger partial charge in [0.25, 0.3) is 0 Å². The van der Waals surface area contributed by atoms with Crippen molar-refractivity contribution in [2.75, 3.05) is 24.5 Å². The second-order valence-electron chi connectivity index (χ2n) is 5.12. The van der Waals surface area contributed by atoms with Crippen LogP contribution in [0, 0.1) is 6.92 Å². The van der Waals surface area contributed by atoms with Gasteiger partial charge in [0.2, 0.25) is 0 Å². The monoisotopic (exact) mass is 266 g/mol. The molecule has 0 atom stereocenters. The number of nitrogens with zero attached hydrogens (tertiary/aromatic N) is 1. The van der Waals surface area contributed by atoms with Crippen LogP contribution in [0.5, 0.6) is 0 Å². The molecule has 1 fully saturated rings. The van der Waals surface area contributed by atoms with Gasteiger partial charge in [-0.05, 0) is 62.8 Å². The fourth-order valence-corrected chi connectivity index (χ4v) is 2.95. The second kappa shape index (κ2) is 6.44. The minimum Gasteiger partial charge on any atom is -0.371 e. The van der Waals surface area contributed by atoms with Gasteiger partial charge in [-0.2, -0.15) is 0 Å². The van der Waals surface area contributed by atoms with Crippen LogP contribution in [-0.4, -0.2) is 19.6 Å². The maximum atomic E-state index is 6.49. The Kier molecular flexibility index (Phi) is 4.90. The number of rotatable bonds is 4. The summed E-state index contributed by atoms with van der Waals surface area (Å²) < 4.78 is 0. The van der Waals surface area contributed by atoms with E-state index in [1.807, 2.05) is 0 Å². The van der Waals surface area contributed by atoms with Gasteiger partial charge in [0.1, 0.15) is 0 Å². The van der Waals surface area contributed by atoms with Gasteiger partial charge in [-0.15, -0.1) is 0 Å². The summed E-state index contributed by atoms with van der Waals surface area (Å²) in [5.41, 5.74) is 9.34. The van der Waals surface area contributed by atoms with Crippen LogP contribution in [0.25, 0.3) is 0 Å². The summed E-state index contributed by atoms with van der Waals surface area (Å²) in [4.78, 5) is 2.47. The molecule has 1 aromatic rings. The van der Waals surface area contributed by atoms with Gasteiger partial charge in [0.15, 0.2) is 0 Å². The lowest BCUT2D eigenvalue weighted by Gasteiger charge is -2.30. The molecule has 0 radical (unpaired) electrons.